The third-order valence-corrected chi connectivity index (χ3v) is 6.36. The van der Waals surface area contributed by atoms with Crippen LogP contribution in [0, 0.1) is 0 Å². The second-order valence-electron chi connectivity index (χ2n) is 9.10. The van der Waals surface area contributed by atoms with Crippen molar-refractivity contribution in [3.8, 4) is 5.75 Å². The van der Waals surface area contributed by atoms with Gasteiger partial charge in [0.05, 0.1) is 31.6 Å². The molecule has 0 saturated carbocycles. The molecule has 8 nitrogen and oxygen atoms in total. The Kier molecular flexibility index (Phi) is 8.33. The molecule has 0 radical (unpaired) electrons. The normalized spacial score (nSPS) is 12.2. The number of aliphatic hydroxyl groups excluding tert-OH is 1. The molecule has 4 aromatic rings. The molecule has 2 heterocycles. The van der Waals surface area contributed by atoms with Crippen LogP contribution in [-0.2, 0) is 31.4 Å². The topological polar surface area (TPSA) is 96.9 Å². The number of aromatic nitrogens is 1. The Morgan fingerprint density at radius 3 is 2.70 bits per heavy atom. The van der Waals surface area contributed by atoms with Crippen LogP contribution < -0.4 is 15.5 Å². The van der Waals surface area contributed by atoms with Crippen molar-refractivity contribution < 1.29 is 19.1 Å². The summed E-state index contributed by atoms with van der Waals surface area (Å²) in [6.07, 6.45) is 0.882. The monoisotopic (exact) mass is 523 g/mol. The molecule has 0 spiro atoms. The maximum absolute atomic E-state index is 13.1. The van der Waals surface area contributed by atoms with Crippen molar-refractivity contribution in [2.45, 2.75) is 25.6 Å². The van der Waals surface area contributed by atoms with Crippen LogP contribution in [0.1, 0.15) is 28.6 Å². The Balaban J connectivity index is 1.42. The molecule has 0 fully saturated rings. The highest BCUT2D eigenvalue weighted by Crippen LogP contribution is 2.22. The predicted molar refractivity (Wildman–Crippen MR) is 143 cm³/mol. The standard InChI is InChI=1S/C28H30ClN3O5/c1-31(17-25(33)19-5-4-6-22(11-19)36-3)16-23-13-24-27(35)20(15-32(2)28(24)37-23)12-26(34)30-14-18-7-9-21(29)10-8-18/h4-11,13,15,25,33H,12,14,16-17H2,1-3H3,(H,30,34). The first-order valence-corrected chi connectivity index (χ1v) is 12.2. The fraction of sp³-hybridized carbons (Fsp3) is 0.286. The number of carbonyl (C=O) groups excluding carboxylic acids is 1. The summed E-state index contributed by atoms with van der Waals surface area (Å²) >= 11 is 5.90. The molecule has 1 amide bonds. The SMILES string of the molecule is COc1cccc(C(O)CN(C)Cc2cc3c(=O)c(CC(=O)NCc4ccc(Cl)cc4)cn(C)c3o2)c1. The fourth-order valence-corrected chi connectivity index (χ4v) is 4.33. The lowest BCUT2D eigenvalue weighted by molar-refractivity contribution is -0.120. The Morgan fingerprint density at radius 1 is 1.22 bits per heavy atom. The van der Waals surface area contributed by atoms with Gasteiger partial charge in [0, 0.05) is 36.9 Å². The van der Waals surface area contributed by atoms with Gasteiger partial charge in [-0.1, -0.05) is 35.9 Å². The van der Waals surface area contributed by atoms with Gasteiger partial charge in [0.1, 0.15) is 11.5 Å². The van der Waals surface area contributed by atoms with E-state index in [-0.39, 0.29) is 17.8 Å². The van der Waals surface area contributed by atoms with Gasteiger partial charge in [-0.15, -0.1) is 0 Å². The van der Waals surface area contributed by atoms with Crippen molar-refractivity contribution in [2.24, 2.45) is 7.05 Å². The highest BCUT2D eigenvalue weighted by Gasteiger charge is 2.18. The van der Waals surface area contributed by atoms with Crippen LogP contribution in [0.5, 0.6) is 5.75 Å². The summed E-state index contributed by atoms with van der Waals surface area (Å²) in [4.78, 5) is 27.5. The molecule has 0 aliphatic carbocycles. The van der Waals surface area contributed by atoms with Crippen LogP contribution in [0.2, 0.25) is 5.02 Å². The average Bonchev–Trinajstić information content (AvgIpc) is 3.31. The molecule has 0 aliphatic heterocycles. The van der Waals surface area contributed by atoms with E-state index in [1.165, 1.54) is 0 Å². The zero-order chi connectivity index (χ0) is 26.5. The van der Waals surface area contributed by atoms with Gasteiger partial charge < -0.3 is 24.1 Å². The van der Waals surface area contributed by atoms with Gasteiger partial charge in [0.2, 0.25) is 11.6 Å². The highest BCUT2D eigenvalue weighted by molar-refractivity contribution is 6.30. The van der Waals surface area contributed by atoms with Gasteiger partial charge in [-0.2, -0.15) is 0 Å². The molecule has 2 aromatic heterocycles. The number of amides is 1. The smallest absolute Gasteiger partial charge is 0.224 e. The van der Waals surface area contributed by atoms with Crippen molar-refractivity contribution in [3.63, 3.8) is 0 Å². The van der Waals surface area contributed by atoms with E-state index in [0.717, 1.165) is 11.1 Å². The quantitative estimate of drug-likeness (QED) is 0.328. The average molecular weight is 524 g/mol. The van der Waals surface area contributed by atoms with E-state index in [1.807, 2.05) is 42.3 Å². The van der Waals surface area contributed by atoms with E-state index in [9.17, 15) is 14.7 Å². The molecule has 2 N–H and O–H groups in total. The summed E-state index contributed by atoms with van der Waals surface area (Å²) in [6, 6.07) is 16.2. The summed E-state index contributed by atoms with van der Waals surface area (Å²) in [5, 5.41) is 14.5. The molecule has 9 heteroatoms. The Bertz CT molecular complexity index is 1440. The summed E-state index contributed by atoms with van der Waals surface area (Å²) in [5.74, 6) is 1.02. The van der Waals surface area contributed by atoms with E-state index < -0.39 is 6.10 Å². The lowest BCUT2D eigenvalue weighted by Crippen LogP contribution is -2.27. The predicted octanol–water partition coefficient (Wildman–Crippen LogP) is 3.82. The molecule has 0 aliphatic rings. The second kappa shape index (κ2) is 11.6. The van der Waals surface area contributed by atoms with Crippen LogP contribution in [-0.4, -0.2) is 41.2 Å². The number of ether oxygens (including phenoxy) is 1. The number of carbonyl (C=O) groups is 1. The Hall–Kier alpha value is -3.59. The summed E-state index contributed by atoms with van der Waals surface area (Å²) in [6.45, 7) is 1.11. The number of aliphatic hydroxyl groups is 1. The van der Waals surface area contributed by atoms with Crippen molar-refractivity contribution in [1.82, 2.24) is 14.8 Å². The molecule has 0 saturated heterocycles. The van der Waals surface area contributed by atoms with Crippen LogP contribution in [0.25, 0.3) is 11.1 Å². The van der Waals surface area contributed by atoms with Gasteiger partial charge in [0.25, 0.3) is 0 Å². The first-order valence-electron chi connectivity index (χ1n) is 11.9. The number of rotatable bonds is 10. The molecule has 194 valence electrons. The number of benzene rings is 2. The summed E-state index contributed by atoms with van der Waals surface area (Å²) in [7, 11) is 5.23. The number of furan rings is 1. The maximum Gasteiger partial charge on any atom is 0.224 e. The second-order valence-corrected chi connectivity index (χ2v) is 9.53. The molecule has 0 bridgehead atoms. The van der Waals surface area contributed by atoms with E-state index in [0.29, 0.717) is 52.8 Å². The molecule has 4 rings (SSSR count). The Morgan fingerprint density at radius 2 is 1.97 bits per heavy atom. The minimum Gasteiger partial charge on any atom is -0.497 e. The van der Waals surface area contributed by atoms with Crippen LogP contribution in [0.4, 0.5) is 0 Å². The highest BCUT2D eigenvalue weighted by atomic mass is 35.5. The van der Waals surface area contributed by atoms with Gasteiger partial charge in [0.15, 0.2) is 5.43 Å². The van der Waals surface area contributed by atoms with Gasteiger partial charge in [-0.25, -0.2) is 0 Å². The largest absolute Gasteiger partial charge is 0.497 e. The Labute approximate surface area is 220 Å². The molecule has 1 atom stereocenters. The van der Waals surface area contributed by atoms with E-state index in [1.54, 1.807) is 49.2 Å². The van der Waals surface area contributed by atoms with Crippen molar-refractivity contribution >= 4 is 28.6 Å². The zero-order valence-corrected chi connectivity index (χ0v) is 21.8. The summed E-state index contributed by atoms with van der Waals surface area (Å²) in [5.41, 5.74) is 2.26. The van der Waals surface area contributed by atoms with Crippen LogP contribution >= 0.6 is 11.6 Å². The lowest BCUT2D eigenvalue weighted by Gasteiger charge is -2.20. The number of methoxy groups -OCH3 is 1. The van der Waals surface area contributed by atoms with Gasteiger partial charge in [-0.05, 0) is 48.5 Å². The number of fused-ring (bicyclic) bond motifs is 1. The van der Waals surface area contributed by atoms with Crippen molar-refractivity contribution in [3.05, 3.63) is 98.5 Å². The van der Waals surface area contributed by atoms with Crippen LogP contribution in [0.3, 0.4) is 0 Å². The number of hydrogen-bond acceptors (Lipinski definition) is 6. The fourth-order valence-electron chi connectivity index (χ4n) is 4.20. The summed E-state index contributed by atoms with van der Waals surface area (Å²) < 4.78 is 12.9. The van der Waals surface area contributed by atoms with Crippen molar-refractivity contribution in [1.29, 1.82) is 0 Å². The van der Waals surface area contributed by atoms with Gasteiger partial charge in [-0.3, -0.25) is 14.5 Å². The number of halogens is 1. The number of hydrogen-bond donors (Lipinski definition) is 2. The van der Waals surface area contributed by atoms with Crippen LogP contribution in [0.15, 0.2) is 70.0 Å². The van der Waals surface area contributed by atoms with E-state index in [4.69, 9.17) is 20.8 Å². The van der Waals surface area contributed by atoms with Gasteiger partial charge >= 0.3 is 0 Å². The third-order valence-electron chi connectivity index (χ3n) is 6.11. The van der Waals surface area contributed by atoms with Crippen molar-refractivity contribution in [2.75, 3.05) is 20.7 Å². The van der Waals surface area contributed by atoms with E-state index >= 15 is 0 Å². The number of nitrogens with zero attached hydrogens (tertiary/aromatic N) is 2. The minimum atomic E-state index is -0.714. The maximum atomic E-state index is 13.1. The number of nitrogens with one attached hydrogen (secondary N) is 1. The molecule has 37 heavy (non-hydrogen) atoms. The lowest BCUT2D eigenvalue weighted by atomic mass is 10.1. The molecule has 1 unspecified atom stereocenters. The molecular weight excluding hydrogens is 494 g/mol. The number of aryl methyl sites for hydroxylation is 1. The zero-order valence-electron chi connectivity index (χ0n) is 21.0. The molecular formula is C28H30ClN3O5. The number of pyridine rings is 1. The third kappa shape index (κ3) is 6.60. The van der Waals surface area contributed by atoms with E-state index in [2.05, 4.69) is 5.32 Å². The first-order chi connectivity index (χ1) is 17.7. The molecule has 2 aromatic carbocycles. The minimum absolute atomic E-state index is 0.0383. The number of likely N-dealkylation sites (N-methyl/N-ethyl adjacent to an activating group) is 1. The first kappa shape index (κ1) is 26.5.